The van der Waals surface area contributed by atoms with Crippen LogP contribution in [0.2, 0.25) is 0 Å². The number of ether oxygens (including phenoxy) is 1. The molecule has 4 saturated carbocycles. The third-order valence-electron chi connectivity index (χ3n) is 11.0. The van der Waals surface area contributed by atoms with E-state index in [1.54, 1.807) is 0 Å². The Morgan fingerprint density at radius 2 is 1.74 bits per heavy atom. The fourth-order valence-corrected chi connectivity index (χ4v) is 9.27. The summed E-state index contributed by atoms with van der Waals surface area (Å²) in [6, 6.07) is 0. The lowest BCUT2D eigenvalue weighted by Crippen LogP contribution is -2.54. The van der Waals surface area contributed by atoms with Gasteiger partial charge in [0, 0.05) is 6.42 Å². The van der Waals surface area contributed by atoms with Crippen molar-refractivity contribution in [1.29, 1.82) is 0 Å². The van der Waals surface area contributed by atoms with Crippen LogP contribution in [0, 0.1) is 46.3 Å². The Morgan fingerprint density at radius 3 is 2.43 bits per heavy atom. The maximum atomic E-state index is 13.3. The van der Waals surface area contributed by atoms with Crippen LogP contribution in [0.25, 0.3) is 0 Å². The summed E-state index contributed by atoms with van der Waals surface area (Å²) >= 11 is 0. The van der Waals surface area contributed by atoms with Crippen LogP contribution in [0.15, 0.2) is 0 Å². The Kier molecular flexibility index (Phi) is 7.39. The summed E-state index contributed by atoms with van der Waals surface area (Å²) < 4.78 is 62.7. The van der Waals surface area contributed by atoms with Gasteiger partial charge in [0.05, 0.1) is 6.10 Å². The first-order valence-corrected chi connectivity index (χ1v) is 14.8. The summed E-state index contributed by atoms with van der Waals surface area (Å²) in [5, 5.41) is 5.63. The fraction of sp³-hybridized carbons (Fsp3) is 0.962. The number of esters is 1. The van der Waals surface area contributed by atoms with Crippen molar-refractivity contribution in [3.63, 3.8) is 0 Å². The maximum Gasteiger partial charge on any atom is 0.367 e. The molecule has 0 heterocycles. The van der Waals surface area contributed by atoms with Crippen molar-refractivity contribution in [2.45, 2.75) is 103 Å². The molecule has 0 bridgehead atoms. The Morgan fingerprint density at radius 1 is 1.09 bits per heavy atom. The number of rotatable bonds is 7. The minimum atomic E-state index is -5.86. The second-order valence-corrected chi connectivity index (χ2v) is 14.1. The second kappa shape index (κ2) is 9.50. The molecule has 0 aromatic heterocycles. The monoisotopic (exact) mass is 519 g/mol. The van der Waals surface area contributed by atoms with E-state index in [0.717, 1.165) is 38.0 Å². The lowest BCUT2D eigenvalue weighted by atomic mass is 9.44. The predicted octanol–water partition coefficient (Wildman–Crippen LogP) is 5.10. The van der Waals surface area contributed by atoms with Crippen LogP contribution in [0.3, 0.4) is 0 Å². The van der Waals surface area contributed by atoms with Gasteiger partial charge in [-0.15, -0.1) is 0 Å². The van der Waals surface area contributed by atoms with E-state index in [-0.39, 0.29) is 23.9 Å². The molecule has 6 nitrogen and oxygen atoms in total. The number of aliphatic hydroxyl groups excluding tert-OH is 1. The summed E-state index contributed by atoms with van der Waals surface area (Å²) in [7, 11) is -5.86. The van der Waals surface area contributed by atoms with Gasteiger partial charge in [0.15, 0.2) is 16.7 Å². The largest absolute Gasteiger partial charge is 0.743 e. The molecule has 4 aliphatic carbocycles. The first-order chi connectivity index (χ1) is 16.2. The minimum absolute atomic E-state index is 0.0679. The molecule has 0 unspecified atom stereocenters. The van der Waals surface area contributed by atoms with Crippen molar-refractivity contribution in [1.82, 2.24) is 0 Å². The molecule has 0 saturated heterocycles. The van der Waals surface area contributed by atoms with Gasteiger partial charge >= 0.3 is 11.2 Å². The highest BCUT2D eigenvalue weighted by Gasteiger charge is 2.60. The van der Waals surface area contributed by atoms with Crippen molar-refractivity contribution in [2.24, 2.45) is 46.3 Å². The van der Waals surface area contributed by atoms with E-state index >= 15 is 0 Å². The van der Waals surface area contributed by atoms with Crippen LogP contribution >= 0.6 is 0 Å². The molecule has 0 aromatic rings. The highest BCUT2D eigenvalue weighted by molar-refractivity contribution is 7.86. The molecule has 4 rings (SSSR count). The molecular weight excluding hydrogens is 478 g/mol. The number of fused-ring (bicyclic) bond motifs is 5. The average Bonchev–Trinajstić information content (AvgIpc) is 3.13. The van der Waals surface area contributed by atoms with E-state index < -0.39 is 27.9 Å². The fourth-order valence-electron chi connectivity index (χ4n) is 9.07. The van der Waals surface area contributed by atoms with Crippen molar-refractivity contribution in [2.75, 3.05) is 6.61 Å². The quantitative estimate of drug-likeness (QED) is 0.371. The molecular formula is C26H41F2O6S-. The Balaban J connectivity index is 1.35. The number of halogens is 2. The topological polar surface area (TPSA) is 104 Å². The lowest BCUT2D eigenvalue weighted by molar-refractivity contribution is -0.150. The van der Waals surface area contributed by atoms with Crippen LogP contribution in [-0.4, -0.2) is 42.0 Å². The van der Waals surface area contributed by atoms with Gasteiger partial charge in [0.2, 0.25) is 0 Å². The Hall–Kier alpha value is -0.800. The van der Waals surface area contributed by atoms with Gasteiger partial charge in [-0.05, 0) is 111 Å². The van der Waals surface area contributed by atoms with Crippen LogP contribution in [0.5, 0.6) is 0 Å². The van der Waals surface area contributed by atoms with Gasteiger partial charge in [0.1, 0.15) is 0 Å². The molecule has 0 amide bonds. The first-order valence-electron chi connectivity index (χ1n) is 13.4. The van der Waals surface area contributed by atoms with Crippen molar-refractivity contribution < 1.29 is 36.4 Å². The smallest absolute Gasteiger partial charge is 0.367 e. The van der Waals surface area contributed by atoms with Crippen LogP contribution in [-0.2, 0) is 19.6 Å². The number of hydrogen-bond acceptors (Lipinski definition) is 6. The normalized spacial score (nSPS) is 42.5. The first kappa shape index (κ1) is 27.2. The SMILES string of the molecule is C[C@H](CCC(=O)OCC(F)(F)S(=O)(=O)[O-])[C@H]1CC[C@H]2[C@@H]3CC[C@@H]4C[C@H](O)CC[C@]4(C)[C@H]3CC[C@]12C. The Bertz CT molecular complexity index is 910. The molecule has 9 heteroatoms. The van der Waals surface area contributed by atoms with E-state index in [0.29, 0.717) is 35.5 Å². The number of hydrogen-bond donors (Lipinski definition) is 1. The highest BCUT2D eigenvalue weighted by Crippen LogP contribution is 2.68. The number of carbonyl (C=O) groups is 1. The van der Waals surface area contributed by atoms with E-state index in [1.165, 1.54) is 25.7 Å². The summed E-state index contributed by atoms with van der Waals surface area (Å²) in [5.74, 6) is 2.49. The molecule has 35 heavy (non-hydrogen) atoms. The molecule has 1 N–H and O–H groups in total. The van der Waals surface area contributed by atoms with Gasteiger partial charge in [-0.1, -0.05) is 20.8 Å². The lowest BCUT2D eigenvalue weighted by Gasteiger charge is -2.61. The third kappa shape index (κ3) is 4.90. The van der Waals surface area contributed by atoms with Crippen molar-refractivity contribution in [3.8, 4) is 0 Å². The average molecular weight is 520 g/mol. The van der Waals surface area contributed by atoms with Crippen LogP contribution < -0.4 is 0 Å². The predicted molar refractivity (Wildman–Crippen MR) is 125 cm³/mol. The zero-order valence-electron chi connectivity index (χ0n) is 21.2. The standard InChI is InChI=1S/C26H42F2O6S/c1-16(4-9-23(30)34-15-26(27,28)35(31,32)33)20-7-8-21-19-6-5-17-14-18(29)10-12-24(17,2)22(19)11-13-25(20,21)3/h16-22,29H,4-15H2,1-3H3,(H,31,32,33)/p-1/t16-,17-,18-,19+,20-,21+,22+,24+,25-/m1/s1. The summed E-state index contributed by atoms with van der Waals surface area (Å²) in [5.41, 5.74) is 0.530. The van der Waals surface area contributed by atoms with Gasteiger partial charge in [-0.3, -0.25) is 4.79 Å². The van der Waals surface area contributed by atoms with E-state index in [1.807, 2.05) is 0 Å². The summed E-state index contributed by atoms with van der Waals surface area (Å²) in [4.78, 5) is 12.0. The maximum absolute atomic E-state index is 13.3. The molecule has 9 atom stereocenters. The minimum Gasteiger partial charge on any atom is -0.743 e. The van der Waals surface area contributed by atoms with Gasteiger partial charge in [0.25, 0.3) is 0 Å². The van der Waals surface area contributed by atoms with Gasteiger partial charge in [-0.2, -0.15) is 8.78 Å². The molecule has 4 fully saturated rings. The highest BCUT2D eigenvalue weighted by atomic mass is 32.2. The molecule has 0 spiro atoms. The van der Waals surface area contributed by atoms with Crippen LogP contribution in [0.4, 0.5) is 8.78 Å². The zero-order valence-corrected chi connectivity index (χ0v) is 22.0. The van der Waals surface area contributed by atoms with Gasteiger partial charge < -0.3 is 14.4 Å². The number of carbonyl (C=O) groups excluding carboxylic acids is 1. The number of aliphatic hydroxyl groups is 1. The summed E-state index contributed by atoms with van der Waals surface area (Å²) in [6.07, 6.45) is 10.4. The molecule has 0 aromatic carbocycles. The molecule has 0 radical (unpaired) electrons. The second-order valence-electron chi connectivity index (χ2n) is 12.6. The number of alkyl halides is 2. The molecule has 202 valence electrons. The van der Waals surface area contributed by atoms with E-state index in [4.69, 9.17) is 0 Å². The van der Waals surface area contributed by atoms with Crippen LogP contribution in [0.1, 0.15) is 91.4 Å². The van der Waals surface area contributed by atoms with E-state index in [2.05, 4.69) is 25.5 Å². The third-order valence-corrected chi connectivity index (χ3v) is 11.8. The van der Waals surface area contributed by atoms with Crippen molar-refractivity contribution >= 4 is 16.1 Å². The summed E-state index contributed by atoms with van der Waals surface area (Å²) in [6.45, 7) is 5.29. The van der Waals surface area contributed by atoms with E-state index in [9.17, 15) is 31.7 Å². The Labute approximate surface area is 208 Å². The van der Waals surface area contributed by atoms with Crippen molar-refractivity contribution in [3.05, 3.63) is 0 Å². The molecule has 0 aliphatic heterocycles. The molecule has 4 aliphatic rings. The zero-order chi connectivity index (χ0) is 25.8. The van der Waals surface area contributed by atoms with Gasteiger partial charge in [-0.25, -0.2) is 8.42 Å².